The zero-order valence-corrected chi connectivity index (χ0v) is 25.1. The van der Waals surface area contributed by atoms with Gasteiger partial charge in [0.2, 0.25) is 5.91 Å². The van der Waals surface area contributed by atoms with Crippen molar-refractivity contribution in [3.05, 3.63) is 29.1 Å². The molecule has 4 aliphatic rings. The van der Waals surface area contributed by atoms with Crippen LogP contribution in [0, 0.1) is 11.3 Å². The van der Waals surface area contributed by atoms with Gasteiger partial charge in [-0.2, -0.15) is 13.2 Å². The topological polar surface area (TPSA) is 82.2 Å². The van der Waals surface area contributed by atoms with Gasteiger partial charge < -0.3 is 34.8 Å². The Morgan fingerprint density at radius 3 is 2.73 bits per heavy atom. The number of hydrogen-bond acceptors (Lipinski definition) is 6. The number of rotatable bonds is 4. The third kappa shape index (κ3) is 5.59. The van der Waals surface area contributed by atoms with E-state index in [1.54, 1.807) is 26.1 Å². The van der Waals surface area contributed by atoms with Crippen molar-refractivity contribution in [2.75, 3.05) is 54.1 Å². The molecule has 0 radical (unpaired) electrons. The van der Waals surface area contributed by atoms with Crippen molar-refractivity contribution in [2.24, 2.45) is 11.3 Å². The average molecular weight is 615 g/mol. The van der Waals surface area contributed by atoms with Crippen LogP contribution in [0.3, 0.4) is 0 Å². The third-order valence-electron chi connectivity index (χ3n) is 9.20. The van der Waals surface area contributed by atoms with Crippen molar-refractivity contribution in [1.29, 1.82) is 0 Å². The van der Waals surface area contributed by atoms with E-state index in [1.807, 2.05) is 4.90 Å². The fourth-order valence-corrected chi connectivity index (χ4v) is 7.65. The van der Waals surface area contributed by atoms with E-state index >= 15 is 0 Å². The molecule has 0 spiro atoms. The van der Waals surface area contributed by atoms with Crippen LogP contribution >= 0.6 is 24.4 Å². The van der Waals surface area contributed by atoms with Gasteiger partial charge in [0.05, 0.1) is 23.6 Å². The second-order valence-corrected chi connectivity index (χ2v) is 12.1. The van der Waals surface area contributed by atoms with Crippen molar-refractivity contribution in [3.8, 4) is 0 Å². The number of carbonyl (C=O) groups is 1. The van der Waals surface area contributed by atoms with Crippen LogP contribution in [0.4, 0.5) is 13.2 Å². The lowest BCUT2D eigenvalue weighted by Gasteiger charge is -2.44. The molecule has 0 aromatic carbocycles. The number of pyridine rings is 1. The summed E-state index contributed by atoms with van der Waals surface area (Å²) in [5.74, 6) is -0.0459. The van der Waals surface area contributed by atoms with Crippen LogP contribution in [0.15, 0.2) is 12.3 Å². The minimum absolute atomic E-state index is 0.00433. The van der Waals surface area contributed by atoms with E-state index in [-0.39, 0.29) is 36.6 Å². The molecule has 1 aliphatic carbocycles. The van der Waals surface area contributed by atoms with Crippen molar-refractivity contribution >= 4 is 40.6 Å². The molecule has 9 nitrogen and oxygen atoms in total. The fourth-order valence-electron chi connectivity index (χ4n) is 7.22. The fraction of sp³-hybridized carbons (Fsp3) is 0.704. The number of likely N-dealkylation sites (tertiary alicyclic amines) is 1. The quantitative estimate of drug-likeness (QED) is 0.493. The standard InChI is InChI=1S/C27H37F3N6O3S2/c1-31-24(40)35-13-18-9-19(36(25(41)32-2)21-5-7-39-14-22(21)38-3)10-26(18,15-35)23(37)34-6-4-20-16(12-34)8-17(11-33-20)27(28,29)30/h8,11,18-19,21-22H,4-7,9-10,12-15H2,1-3H3,(H,31,40)(H,32,41)/t18-,19+,21-,22+,26-/m0/s1. The van der Waals surface area contributed by atoms with E-state index in [9.17, 15) is 18.0 Å². The van der Waals surface area contributed by atoms with E-state index in [2.05, 4.69) is 20.5 Å². The summed E-state index contributed by atoms with van der Waals surface area (Å²) >= 11 is 11.4. The lowest BCUT2D eigenvalue weighted by atomic mass is 9.78. The number of nitrogens with one attached hydrogen (secondary N) is 2. The predicted molar refractivity (Wildman–Crippen MR) is 154 cm³/mol. The number of ether oxygens (including phenoxy) is 2. The minimum Gasteiger partial charge on any atom is -0.379 e. The summed E-state index contributed by atoms with van der Waals surface area (Å²) in [6.07, 6.45) is -1.34. The molecule has 14 heteroatoms. The molecule has 2 N–H and O–H groups in total. The Labute approximate surface area is 249 Å². The van der Waals surface area contributed by atoms with E-state index in [0.717, 1.165) is 25.1 Å². The summed E-state index contributed by atoms with van der Waals surface area (Å²) < 4.78 is 51.7. The summed E-state index contributed by atoms with van der Waals surface area (Å²) in [6.45, 7) is 2.63. The van der Waals surface area contributed by atoms with Crippen LogP contribution in [0.2, 0.25) is 0 Å². The predicted octanol–water partition coefficient (Wildman–Crippen LogP) is 2.18. The first kappa shape index (κ1) is 30.2. The molecule has 1 aromatic rings. The summed E-state index contributed by atoms with van der Waals surface area (Å²) in [5.41, 5.74) is -0.492. The molecule has 5 rings (SSSR count). The lowest BCUT2D eigenvalue weighted by Crippen LogP contribution is -2.58. The second-order valence-electron chi connectivity index (χ2n) is 11.4. The van der Waals surface area contributed by atoms with Gasteiger partial charge in [0.1, 0.15) is 6.10 Å². The maximum atomic E-state index is 14.5. The molecule has 226 valence electrons. The Hall–Kier alpha value is -2.29. The van der Waals surface area contributed by atoms with Crippen LogP contribution in [-0.4, -0.2) is 108 Å². The highest BCUT2D eigenvalue weighted by Crippen LogP contribution is 2.52. The van der Waals surface area contributed by atoms with Crippen molar-refractivity contribution in [3.63, 3.8) is 0 Å². The summed E-state index contributed by atoms with van der Waals surface area (Å²) in [5, 5.41) is 7.37. The van der Waals surface area contributed by atoms with Gasteiger partial charge in [0.15, 0.2) is 10.2 Å². The summed E-state index contributed by atoms with van der Waals surface area (Å²) in [6, 6.07) is 1.10. The number of nitrogens with zero attached hydrogens (tertiary/aromatic N) is 4. The molecule has 0 unspecified atom stereocenters. The van der Waals surface area contributed by atoms with Gasteiger partial charge in [-0.3, -0.25) is 9.78 Å². The van der Waals surface area contributed by atoms with E-state index in [0.29, 0.717) is 67.2 Å². The van der Waals surface area contributed by atoms with Crippen LogP contribution in [0.1, 0.15) is 36.1 Å². The normalized spacial score (nSPS) is 29.5. The van der Waals surface area contributed by atoms with Gasteiger partial charge in [0, 0.05) is 78.3 Å². The first-order valence-electron chi connectivity index (χ1n) is 13.9. The van der Waals surface area contributed by atoms with Crippen LogP contribution < -0.4 is 10.6 Å². The van der Waals surface area contributed by atoms with Crippen molar-refractivity contribution in [2.45, 2.75) is 56.6 Å². The smallest absolute Gasteiger partial charge is 0.379 e. The highest BCUT2D eigenvalue weighted by Gasteiger charge is 2.61. The molecule has 5 atom stereocenters. The number of carbonyl (C=O) groups excluding carboxylic acids is 1. The number of halogens is 3. The molecular formula is C27H37F3N6O3S2. The number of fused-ring (bicyclic) bond motifs is 2. The molecule has 1 saturated carbocycles. The number of alkyl halides is 3. The van der Waals surface area contributed by atoms with Crippen molar-refractivity contribution in [1.82, 2.24) is 30.3 Å². The lowest BCUT2D eigenvalue weighted by molar-refractivity contribution is -0.144. The number of hydrogen-bond donors (Lipinski definition) is 2. The van der Waals surface area contributed by atoms with Gasteiger partial charge >= 0.3 is 6.18 Å². The average Bonchev–Trinajstić information content (AvgIpc) is 3.51. The minimum atomic E-state index is -4.50. The van der Waals surface area contributed by atoms with Gasteiger partial charge in [0.25, 0.3) is 0 Å². The molecule has 41 heavy (non-hydrogen) atoms. The zero-order chi connectivity index (χ0) is 29.5. The Balaban J connectivity index is 1.45. The first-order chi connectivity index (χ1) is 19.5. The Morgan fingerprint density at radius 2 is 2.05 bits per heavy atom. The van der Waals surface area contributed by atoms with Gasteiger partial charge in [-0.25, -0.2) is 0 Å². The highest BCUT2D eigenvalue weighted by molar-refractivity contribution is 7.80. The molecule has 3 aliphatic heterocycles. The molecule has 3 fully saturated rings. The van der Waals surface area contributed by atoms with E-state index in [4.69, 9.17) is 33.9 Å². The van der Waals surface area contributed by atoms with Gasteiger partial charge in [-0.15, -0.1) is 0 Å². The van der Waals surface area contributed by atoms with Crippen molar-refractivity contribution < 1.29 is 27.4 Å². The Kier molecular flexibility index (Phi) is 8.66. The molecule has 1 amide bonds. The van der Waals surface area contributed by atoms with Crippen LogP contribution in [-0.2, 0) is 33.4 Å². The molecule has 1 aromatic heterocycles. The van der Waals surface area contributed by atoms with Crippen LogP contribution in [0.25, 0.3) is 0 Å². The summed E-state index contributed by atoms with van der Waals surface area (Å²) in [4.78, 5) is 24.6. The zero-order valence-electron chi connectivity index (χ0n) is 23.5. The van der Waals surface area contributed by atoms with Gasteiger partial charge in [-0.1, -0.05) is 0 Å². The maximum Gasteiger partial charge on any atom is 0.417 e. The first-order valence-corrected chi connectivity index (χ1v) is 14.8. The maximum absolute atomic E-state index is 14.5. The highest BCUT2D eigenvalue weighted by atomic mass is 32.1. The Morgan fingerprint density at radius 1 is 1.27 bits per heavy atom. The molecule has 2 saturated heterocycles. The monoisotopic (exact) mass is 614 g/mol. The second kappa shape index (κ2) is 11.8. The number of methoxy groups -OCH3 is 1. The molecule has 4 heterocycles. The van der Waals surface area contributed by atoms with E-state index < -0.39 is 17.2 Å². The SMILES string of the molecule is CNC(=S)N1C[C@@H]2C[C@@H](N(C(=S)NC)[C@H]3CCOC[C@H]3OC)C[C@]2(C(=O)N2CCc3ncc(C(F)(F)F)cc3C2)C1. The largest absolute Gasteiger partial charge is 0.417 e. The number of amides is 1. The number of thiocarbonyl (C=S) groups is 2. The third-order valence-corrected chi connectivity index (χ3v) is 10.1. The molecular weight excluding hydrogens is 577 g/mol. The number of aromatic nitrogens is 1. The van der Waals surface area contributed by atoms with Crippen LogP contribution in [0.5, 0.6) is 0 Å². The molecule has 0 bridgehead atoms. The van der Waals surface area contributed by atoms with E-state index in [1.165, 1.54) is 0 Å². The van der Waals surface area contributed by atoms with Gasteiger partial charge in [-0.05, 0) is 61.2 Å². The summed E-state index contributed by atoms with van der Waals surface area (Å²) in [7, 11) is 5.24. The Bertz CT molecular complexity index is 1190.